The zero-order valence-corrected chi connectivity index (χ0v) is 17.1. The highest BCUT2D eigenvalue weighted by Gasteiger charge is 2.24. The van der Waals surface area contributed by atoms with E-state index in [-0.39, 0.29) is 5.82 Å². The van der Waals surface area contributed by atoms with E-state index in [1.807, 2.05) is 42.5 Å². The monoisotopic (exact) mass is 427 g/mol. The van der Waals surface area contributed by atoms with Gasteiger partial charge in [-0.2, -0.15) is 5.10 Å². The highest BCUT2D eigenvalue weighted by atomic mass is 35.5. The van der Waals surface area contributed by atoms with Gasteiger partial charge in [0, 0.05) is 35.8 Å². The van der Waals surface area contributed by atoms with Crippen molar-refractivity contribution in [2.24, 2.45) is 7.05 Å². The Morgan fingerprint density at radius 3 is 2.50 bits per heavy atom. The van der Waals surface area contributed by atoms with Crippen molar-refractivity contribution < 1.29 is 8.78 Å². The summed E-state index contributed by atoms with van der Waals surface area (Å²) in [6, 6.07) is 11.7. The Hall–Kier alpha value is -3.06. The van der Waals surface area contributed by atoms with Gasteiger partial charge in [-0.05, 0) is 48.4 Å². The molecule has 5 nitrogen and oxygen atoms in total. The third-order valence-electron chi connectivity index (χ3n) is 4.89. The van der Waals surface area contributed by atoms with E-state index in [4.69, 9.17) is 11.6 Å². The van der Waals surface area contributed by atoms with Crippen LogP contribution < -0.4 is 4.90 Å². The van der Waals surface area contributed by atoms with E-state index >= 15 is 0 Å². The van der Waals surface area contributed by atoms with Gasteiger partial charge in [0.1, 0.15) is 24.1 Å². The molecule has 1 atom stereocenters. The number of fused-ring (bicyclic) bond motifs is 1. The number of anilines is 1. The van der Waals surface area contributed by atoms with Crippen molar-refractivity contribution in [2.45, 2.75) is 12.6 Å². The molecule has 3 heterocycles. The second-order valence-electron chi connectivity index (χ2n) is 7.10. The van der Waals surface area contributed by atoms with Crippen molar-refractivity contribution in [2.75, 3.05) is 18.0 Å². The summed E-state index contributed by atoms with van der Waals surface area (Å²) in [5.74, 6) is 0.567. The molecular weight excluding hydrogens is 408 g/mol. The number of benzene rings is 2. The van der Waals surface area contributed by atoms with Gasteiger partial charge in [-0.3, -0.25) is 4.68 Å². The molecule has 0 spiro atoms. The van der Waals surface area contributed by atoms with Crippen LogP contribution in [0, 0.1) is 5.82 Å². The predicted molar refractivity (Wildman–Crippen MR) is 115 cm³/mol. The third-order valence-corrected chi connectivity index (χ3v) is 5.14. The maximum atomic E-state index is 13.5. The van der Waals surface area contributed by atoms with Crippen LogP contribution in [0.3, 0.4) is 0 Å². The maximum absolute atomic E-state index is 13.5. The Kier molecular flexibility index (Phi) is 5.90. The molecule has 0 saturated carbocycles. The fourth-order valence-electron chi connectivity index (χ4n) is 3.38. The van der Waals surface area contributed by atoms with Crippen LogP contribution in [0.25, 0.3) is 22.0 Å². The molecule has 1 fully saturated rings. The first-order chi connectivity index (χ1) is 14.5. The lowest BCUT2D eigenvalue weighted by Gasteiger charge is -2.18. The molecule has 1 saturated heterocycles. The van der Waals surface area contributed by atoms with Crippen molar-refractivity contribution in [3.63, 3.8) is 0 Å². The van der Waals surface area contributed by atoms with Crippen molar-refractivity contribution in [3.05, 3.63) is 72.0 Å². The highest BCUT2D eigenvalue weighted by Crippen LogP contribution is 2.30. The molecule has 2 aromatic carbocycles. The molecule has 2 aromatic heterocycles. The number of hydrogen-bond donors (Lipinski definition) is 0. The minimum atomic E-state index is -0.764. The molecule has 0 bridgehead atoms. The maximum Gasteiger partial charge on any atom is 0.139 e. The first kappa shape index (κ1) is 20.2. The van der Waals surface area contributed by atoms with Gasteiger partial charge < -0.3 is 4.90 Å². The lowest BCUT2D eigenvalue weighted by atomic mass is 10.1. The zero-order chi connectivity index (χ0) is 21.1. The van der Waals surface area contributed by atoms with Gasteiger partial charge in [-0.1, -0.05) is 17.7 Å². The smallest absolute Gasteiger partial charge is 0.139 e. The zero-order valence-electron chi connectivity index (χ0n) is 16.3. The summed E-state index contributed by atoms with van der Waals surface area (Å²) in [7, 11) is 1.89. The van der Waals surface area contributed by atoms with Crippen molar-refractivity contribution in [3.8, 4) is 11.1 Å². The van der Waals surface area contributed by atoms with Gasteiger partial charge >= 0.3 is 0 Å². The topological polar surface area (TPSA) is 46.8 Å². The van der Waals surface area contributed by atoms with Crippen LogP contribution in [-0.4, -0.2) is 39.0 Å². The summed E-state index contributed by atoms with van der Waals surface area (Å²) < 4.78 is 27.3. The molecule has 8 heteroatoms. The van der Waals surface area contributed by atoms with Crippen molar-refractivity contribution in [1.82, 2.24) is 19.7 Å². The SMILES string of the molecule is Cn1cc(-c2ccc3c(N4CCC(F)C4)ncnc3c2)cn1.Fc1ccc(Cl)cc1. The van der Waals surface area contributed by atoms with Crippen LogP contribution in [0.15, 0.2) is 61.2 Å². The number of aryl methyl sites for hydroxylation is 1. The molecule has 0 amide bonds. The number of aromatic nitrogens is 4. The average Bonchev–Trinajstić information content (AvgIpc) is 3.38. The highest BCUT2D eigenvalue weighted by molar-refractivity contribution is 6.30. The van der Waals surface area contributed by atoms with Gasteiger partial charge in [0.15, 0.2) is 0 Å². The van der Waals surface area contributed by atoms with Gasteiger partial charge in [0.25, 0.3) is 0 Å². The summed E-state index contributed by atoms with van der Waals surface area (Å²) in [5.41, 5.74) is 2.98. The van der Waals surface area contributed by atoms with Crippen LogP contribution in [0.4, 0.5) is 14.6 Å². The minimum absolute atomic E-state index is 0.255. The second-order valence-corrected chi connectivity index (χ2v) is 7.54. The molecule has 1 aliphatic rings. The lowest BCUT2D eigenvalue weighted by Crippen LogP contribution is -2.21. The Morgan fingerprint density at radius 2 is 1.87 bits per heavy atom. The lowest BCUT2D eigenvalue weighted by molar-refractivity contribution is 0.364. The van der Waals surface area contributed by atoms with Crippen molar-refractivity contribution in [1.29, 1.82) is 0 Å². The number of rotatable bonds is 2. The quantitative estimate of drug-likeness (QED) is 0.448. The fourth-order valence-corrected chi connectivity index (χ4v) is 3.51. The van der Waals surface area contributed by atoms with Crippen LogP contribution >= 0.6 is 11.6 Å². The summed E-state index contributed by atoms with van der Waals surface area (Å²) in [5, 5.41) is 5.72. The predicted octanol–water partition coefficient (Wildman–Crippen LogP) is 5.06. The Balaban J connectivity index is 0.000000230. The number of hydrogen-bond acceptors (Lipinski definition) is 4. The Bertz CT molecular complexity index is 1120. The summed E-state index contributed by atoms with van der Waals surface area (Å²) in [6.45, 7) is 1.12. The average molecular weight is 428 g/mol. The first-order valence-corrected chi connectivity index (χ1v) is 9.91. The molecule has 4 aromatic rings. The van der Waals surface area contributed by atoms with Gasteiger partial charge in [-0.25, -0.2) is 18.7 Å². The van der Waals surface area contributed by atoms with Crippen LogP contribution in [-0.2, 0) is 7.05 Å². The molecule has 1 unspecified atom stereocenters. The molecule has 1 aliphatic heterocycles. The van der Waals surface area contributed by atoms with Crippen LogP contribution in [0.1, 0.15) is 6.42 Å². The number of halogens is 3. The van der Waals surface area contributed by atoms with Crippen LogP contribution in [0.5, 0.6) is 0 Å². The molecule has 5 rings (SSSR count). The van der Waals surface area contributed by atoms with E-state index < -0.39 is 6.17 Å². The van der Waals surface area contributed by atoms with Gasteiger partial charge in [0.2, 0.25) is 0 Å². The Labute approximate surface area is 177 Å². The third kappa shape index (κ3) is 4.57. The molecule has 30 heavy (non-hydrogen) atoms. The first-order valence-electron chi connectivity index (χ1n) is 9.53. The summed E-state index contributed by atoms with van der Waals surface area (Å²) >= 11 is 5.44. The molecule has 154 valence electrons. The summed E-state index contributed by atoms with van der Waals surface area (Å²) in [4.78, 5) is 10.7. The molecular formula is C22H20ClF2N5. The number of nitrogens with zero attached hydrogens (tertiary/aromatic N) is 5. The minimum Gasteiger partial charge on any atom is -0.353 e. The summed E-state index contributed by atoms with van der Waals surface area (Å²) in [6.07, 6.45) is 5.16. The van der Waals surface area contributed by atoms with E-state index in [9.17, 15) is 8.78 Å². The second kappa shape index (κ2) is 8.75. The van der Waals surface area contributed by atoms with E-state index in [2.05, 4.69) is 15.1 Å². The fraction of sp³-hybridized carbons (Fsp3) is 0.227. The Morgan fingerprint density at radius 1 is 1.07 bits per heavy atom. The molecule has 0 N–H and O–H groups in total. The van der Waals surface area contributed by atoms with E-state index in [1.165, 1.54) is 24.3 Å². The normalized spacial score (nSPS) is 15.9. The standard InChI is InChI=1S/C16H16FN5.C6H4ClF/c1-21-8-12(7-20-21)11-2-3-14-15(6-11)18-10-19-16(14)22-5-4-13(17)9-22;7-5-1-3-6(8)4-2-5/h2-3,6-8,10,13H,4-5,9H2,1H3;1-4H. The van der Waals surface area contributed by atoms with E-state index in [1.54, 1.807) is 11.0 Å². The van der Waals surface area contributed by atoms with Gasteiger partial charge in [0.05, 0.1) is 18.3 Å². The van der Waals surface area contributed by atoms with Crippen LogP contribution in [0.2, 0.25) is 5.02 Å². The largest absolute Gasteiger partial charge is 0.353 e. The number of alkyl halides is 1. The van der Waals surface area contributed by atoms with Crippen molar-refractivity contribution >= 4 is 28.3 Å². The molecule has 0 radical (unpaired) electrons. The van der Waals surface area contributed by atoms with E-state index in [0.717, 1.165) is 27.8 Å². The molecule has 0 aliphatic carbocycles. The van der Waals surface area contributed by atoms with E-state index in [0.29, 0.717) is 24.5 Å². The van der Waals surface area contributed by atoms with Gasteiger partial charge in [-0.15, -0.1) is 0 Å².